The lowest BCUT2D eigenvalue weighted by atomic mass is 10.1. The van der Waals surface area contributed by atoms with Gasteiger partial charge in [-0.15, -0.1) is 0 Å². The second kappa shape index (κ2) is 8.09. The van der Waals surface area contributed by atoms with Gasteiger partial charge in [0, 0.05) is 6.42 Å². The normalized spacial score (nSPS) is 15.4. The molecule has 0 aliphatic heterocycles. The zero-order valence-corrected chi connectivity index (χ0v) is 11.7. The first-order valence-electron chi connectivity index (χ1n) is 5.47. The van der Waals surface area contributed by atoms with Gasteiger partial charge in [-0.05, 0) is 26.3 Å². The Hall–Kier alpha value is -1.06. The van der Waals surface area contributed by atoms with E-state index >= 15 is 0 Å². The highest BCUT2D eigenvalue weighted by atomic mass is 32.2. The monoisotopic (exact) mass is 251 g/mol. The van der Waals surface area contributed by atoms with Gasteiger partial charge < -0.3 is 4.55 Å². The van der Waals surface area contributed by atoms with Crippen LogP contribution in [0.2, 0.25) is 0 Å². The largest absolute Gasteiger partial charge is 0.591 e. The minimum atomic E-state index is -1.19. The van der Waals surface area contributed by atoms with Gasteiger partial charge in [0.2, 0.25) is 0 Å². The summed E-state index contributed by atoms with van der Waals surface area (Å²) in [7, 11) is 0. The number of allylic oxidation sites excluding steroid dienone is 6. The van der Waals surface area contributed by atoms with Crippen molar-refractivity contribution in [3.63, 3.8) is 0 Å². The molecule has 3 heteroatoms. The first-order chi connectivity index (χ1) is 7.91. The summed E-state index contributed by atoms with van der Waals surface area (Å²) in [4.78, 5) is 0. The van der Waals surface area contributed by atoms with E-state index in [2.05, 4.69) is 17.6 Å². The van der Waals surface area contributed by atoms with Crippen molar-refractivity contribution >= 4 is 17.6 Å². The quantitative estimate of drug-likeness (QED) is 0.402. The van der Waals surface area contributed by atoms with Crippen molar-refractivity contribution < 1.29 is 4.55 Å². The van der Waals surface area contributed by atoms with Crippen LogP contribution in [0.3, 0.4) is 0 Å². The van der Waals surface area contributed by atoms with Gasteiger partial charge in [-0.1, -0.05) is 47.9 Å². The Bertz CT molecular complexity index is 335. The number of nitrogens with zero attached hydrogens (tertiary/aromatic N) is 1. The molecule has 0 saturated heterocycles. The fourth-order valence-corrected chi connectivity index (χ4v) is 1.43. The third kappa shape index (κ3) is 7.77. The maximum Gasteiger partial charge on any atom is 0.144 e. The van der Waals surface area contributed by atoms with E-state index in [9.17, 15) is 4.55 Å². The van der Waals surface area contributed by atoms with Crippen LogP contribution >= 0.6 is 0 Å². The molecule has 0 spiro atoms. The Morgan fingerprint density at radius 1 is 1.29 bits per heavy atom. The first-order valence-corrected chi connectivity index (χ1v) is 6.57. The van der Waals surface area contributed by atoms with Crippen LogP contribution in [0.4, 0.5) is 0 Å². The standard InChI is InChI=1S/C14H21NOS/c1-6-8-10-13(9-7-2)11-12-15-17(16)14(3,4)5/h6-10,12H,1-2,11H2,3-5H3/b10-8-,13-9+,15-12+. The molecule has 0 aromatic carbocycles. The molecule has 0 rings (SSSR count). The Morgan fingerprint density at radius 3 is 2.41 bits per heavy atom. The summed E-state index contributed by atoms with van der Waals surface area (Å²) in [5, 5.41) is 0. The van der Waals surface area contributed by atoms with Gasteiger partial charge in [0.1, 0.15) is 16.1 Å². The van der Waals surface area contributed by atoms with Crippen molar-refractivity contribution in [3.05, 3.63) is 49.1 Å². The average molecular weight is 251 g/mol. The summed E-state index contributed by atoms with van der Waals surface area (Å²) in [6.07, 6.45) is 11.4. The highest BCUT2D eigenvalue weighted by Gasteiger charge is 2.25. The molecule has 0 saturated carbocycles. The van der Waals surface area contributed by atoms with Crippen molar-refractivity contribution in [2.75, 3.05) is 0 Å². The van der Waals surface area contributed by atoms with Crippen molar-refractivity contribution in [2.24, 2.45) is 4.40 Å². The summed E-state index contributed by atoms with van der Waals surface area (Å²) >= 11 is -1.19. The predicted octanol–water partition coefficient (Wildman–Crippen LogP) is 3.76. The van der Waals surface area contributed by atoms with Crippen molar-refractivity contribution in [1.82, 2.24) is 0 Å². The molecule has 0 bridgehead atoms. The zero-order valence-electron chi connectivity index (χ0n) is 10.8. The molecular weight excluding hydrogens is 230 g/mol. The highest BCUT2D eigenvalue weighted by Crippen LogP contribution is 2.16. The average Bonchev–Trinajstić information content (AvgIpc) is 2.24. The molecule has 0 amide bonds. The molecule has 1 unspecified atom stereocenters. The minimum absolute atomic E-state index is 0.310. The van der Waals surface area contributed by atoms with Crippen LogP contribution in [0.25, 0.3) is 0 Å². The van der Waals surface area contributed by atoms with Crippen molar-refractivity contribution in [3.8, 4) is 0 Å². The highest BCUT2D eigenvalue weighted by molar-refractivity contribution is 7.91. The molecule has 1 atom stereocenters. The van der Waals surface area contributed by atoms with Gasteiger partial charge in [0.25, 0.3) is 0 Å². The summed E-state index contributed by atoms with van der Waals surface area (Å²) in [5.74, 6) is 0. The van der Waals surface area contributed by atoms with Crippen LogP contribution in [0.5, 0.6) is 0 Å². The lowest BCUT2D eigenvalue weighted by Gasteiger charge is -2.17. The molecule has 0 N–H and O–H groups in total. The second-order valence-electron chi connectivity index (χ2n) is 4.43. The Kier molecular flexibility index (Phi) is 7.59. The lowest BCUT2D eigenvalue weighted by molar-refractivity contribution is 0.561. The third-order valence-corrected chi connectivity index (χ3v) is 3.19. The van der Waals surface area contributed by atoms with Gasteiger partial charge in [-0.25, -0.2) is 0 Å². The van der Waals surface area contributed by atoms with E-state index in [-0.39, 0.29) is 4.75 Å². The SMILES string of the molecule is C=C/C=C\C(=C/C=C)C/C=N/[S+]([O-])C(C)(C)C. The van der Waals surface area contributed by atoms with Gasteiger partial charge in [0.15, 0.2) is 0 Å². The summed E-state index contributed by atoms with van der Waals surface area (Å²) in [6.45, 7) is 13.0. The molecule has 0 aliphatic carbocycles. The van der Waals surface area contributed by atoms with E-state index in [0.29, 0.717) is 6.42 Å². The molecule has 0 aromatic heterocycles. The molecular formula is C14H21NOS. The van der Waals surface area contributed by atoms with Crippen LogP contribution in [0.1, 0.15) is 27.2 Å². The van der Waals surface area contributed by atoms with E-state index in [1.165, 1.54) is 0 Å². The summed E-state index contributed by atoms with van der Waals surface area (Å²) in [5.41, 5.74) is 1.05. The zero-order chi connectivity index (χ0) is 13.3. The maximum atomic E-state index is 11.7. The third-order valence-electron chi connectivity index (χ3n) is 1.80. The molecule has 0 aromatic rings. The van der Waals surface area contributed by atoms with E-state index in [0.717, 1.165) is 5.57 Å². The predicted molar refractivity (Wildman–Crippen MR) is 78.6 cm³/mol. The molecule has 0 aliphatic rings. The second-order valence-corrected chi connectivity index (χ2v) is 6.36. The summed E-state index contributed by atoms with van der Waals surface area (Å²) in [6, 6.07) is 0. The topological polar surface area (TPSA) is 35.4 Å². The van der Waals surface area contributed by atoms with Crippen molar-refractivity contribution in [1.29, 1.82) is 0 Å². The molecule has 0 heterocycles. The van der Waals surface area contributed by atoms with E-state index < -0.39 is 11.4 Å². The smallest absolute Gasteiger partial charge is 0.144 e. The van der Waals surface area contributed by atoms with Crippen LogP contribution < -0.4 is 0 Å². The van der Waals surface area contributed by atoms with Crippen molar-refractivity contribution in [2.45, 2.75) is 31.9 Å². The Balaban J connectivity index is 4.46. The molecule has 17 heavy (non-hydrogen) atoms. The van der Waals surface area contributed by atoms with Crippen LogP contribution in [-0.4, -0.2) is 15.5 Å². The van der Waals surface area contributed by atoms with E-state index in [1.807, 2.05) is 39.0 Å². The fourth-order valence-electron chi connectivity index (χ4n) is 0.903. The Labute approximate surface area is 108 Å². The number of hydrogen-bond acceptors (Lipinski definition) is 2. The van der Waals surface area contributed by atoms with Gasteiger partial charge >= 0.3 is 0 Å². The first kappa shape index (κ1) is 15.9. The van der Waals surface area contributed by atoms with Crippen LogP contribution in [0, 0.1) is 0 Å². The number of rotatable bonds is 6. The van der Waals surface area contributed by atoms with E-state index in [1.54, 1.807) is 18.4 Å². The van der Waals surface area contributed by atoms with Crippen LogP contribution in [-0.2, 0) is 11.4 Å². The van der Waals surface area contributed by atoms with Gasteiger partial charge in [-0.2, -0.15) is 0 Å². The van der Waals surface area contributed by atoms with Crippen LogP contribution in [0.15, 0.2) is 53.5 Å². The molecule has 94 valence electrons. The molecule has 0 radical (unpaired) electrons. The summed E-state index contributed by atoms with van der Waals surface area (Å²) < 4.78 is 15.4. The molecule has 2 nitrogen and oxygen atoms in total. The molecule has 0 fully saturated rings. The Morgan fingerprint density at radius 2 is 1.94 bits per heavy atom. The minimum Gasteiger partial charge on any atom is -0.591 e. The number of hydrogen-bond donors (Lipinski definition) is 0. The lowest BCUT2D eigenvalue weighted by Crippen LogP contribution is -2.25. The fraction of sp³-hybridized carbons (Fsp3) is 0.357. The maximum absolute atomic E-state index is 11.7. The van der Waals surface area contributed by atoms with Gasteiger partial charge in [-0.3, -0.25) is 0 Å². The van der Waals surface area contributed by atoms with Gasteiger partial charge in [0.05, 0.1) is 6.21 Å². The van der Waals surface area contributed by atoms with E-state index in [4.69, 9.17) is 0 Å².